The van der Waals surface area contributed by atoms with Crippen LogP contribution in [-0.4, -0.2) is 30.2 Å². The number of carbonyl (C=O) groups is 1. The van der Waals surface area contributed by atoms with Gasteiger partial charge in [0.15, 0.2) is 9.84 Å². The van der Waals surface area contributed by atoms with E-state index in [1.165, 1.54) is 0 Å². The van der Waals surface area contributed by atoms with E-state index < -0.39 is 15.8 Å². The summed E-state index contributed by atoms with van der Waals surface area (Å²) in [5, 5.41) is 9.91. The minimum Gasteiger partial charge on any atom is -0.478 e. The Morgan fingerprint density at radius 3 is 2.80 bits per heavy atom. The standard InChI is InChI=1S/C13H10BrNO4S/c14-7-1-2-8-11(5-7)15-10-3-4-20(18,19)6-9(10)12(8)13(16)17/h1-2,5H,3-4,6H2,(H,16,17). The van der Waals surface area contributed by atoms with Gasteiger partial charge in [0.2, 0.25) is 0 Å². The van der Waals surface area contributed by atoms with Gasteiger partial charge in [-0.3, -0.25) is 4.98 Å². The zero-order valence-corrected chi connectivity index (χ0v) is 12.7. The van der Waals surface area contributed by atoms with Crippen LogP contribution in [0.5, 0.6) is 0 Å². The monoisotopic (exact) mass is 355 g/mol. The molecule has 1 N–H and O–H groups in total. The number of hydrogen-bond donors (Lipinski definition) is 1. The summed E-state index contributed by atoms with van der Waals surface area (Å²) in [4.78, 5) is 16.0. The molecule has 1 aliphatic heterocycles. The van der Waals surface area contributed by atoms with Crippen LogP contribution in [-0.2, 0) is 22.0 Å². The summed E-state index contributed by atoms with van der Waals surface area (Å²) in [7, 11) is -3.24. The van der Waals surface area contributed by atoms with Crippen molar-refractivity contribution in [1.82, 2.24) is 4.98 Å². The van der Waals surface area contributed by atoms with Crippen molar-refractivity contribution in [2.24, 2.45) is 0 Å². The van der Waals surface area contributed by atoms with E-state index in [4.69, 9.17) is 0 Å². The number of aryl methyl sites for hydroxylation is 1. The maximum atomic E-state index is 11.8. The van der Waals surface area contributed by atoms with Crippen molar-refractivity contribution in [1.29, 1.82) is 0 Å². The highest BCUT2D eigenvalue weighted by molar-refractivity contribution is 9.10. The fourth-order valence-corrected chi connectivity index (χ4v) is 4.23. The molecule has 0 unspecified atom stereocenters. The largest absolute Gasteiger partial charge is 0.478 e. The fraction of sp³-hybridized carbons (Fsp3) is 0.231. The van der Waals surface area contributed by atoms with Crippen molar-refractivity contribution in [3.63, 3.8) is 0 Å². The molecular formula is C13H10BrNO4S. The molecule has 0 saturated heterocycles. The Labute approximate surface area is 123 Å². The van der Waals surface area contributed by atoms with Crippen LogP contribution in [0.2, 0.25) is 0 Å². The van der Waals surface area contributed by atoms with Gasteiger partial charge in [-0.25, -0.2) is 13.2 Å². The maximum absolute atomic E-state index is 11.8. The molecule has 20 heavy (non-hydrogen) atoms. The van der Waals surface area contributed by atoms with Gasteiger partial charge in [0.25, 0.3) is 0 Å². The number of hydrogen-bond acceptors (Lipinski definition) is 4. The number of benzene rings is 1. The lowest BCUT2D eigenvalue weighted by Gasteiger charge is -2.19. The van der Waals surface area contributed by atoms with Gasteiger partial charge in [0, 0.05) is 27.5 Å². The first kappa shape index (κ1) is 13.5. The van der Waals surface area contributed by atoms with E-state index >= 15 is 0 Å². The Morgan fingerprint density at radius 1 is 1.35 bits per heavy atom. The first-order chi connectivity index (χ1) is 9.37. The minimum absolute atomic E-state index is 0.0194. The van der Waals surface area contributed by atoms with Crippen LogP contribution < -0.4 is 0 Å². The van der Waals surface area contributed by atoms with Crippen molar-refractivity contribution < 1.29 is 18.3 Å². The molecule has 0 radical (unpaired) electrons. The molecule has 104 valence electrons. The first-order valence-electron chi connectivity index (χ1n) is 5.92. The molecule has 0 spiro atoms. The Hall–Kier alpha value is -1.47. The number of nitrogens with zero attached hydrogens (tertiary/aromatic N) is 1. The molecule has 0 amide bonds. The van der Waals surface area contributed by atoms with Crippen LogP contribution in [0, 0.1) is 0 Å². The maximum Gasteiger partial charge on any atom is 0.336 e. The number of pyridine rings is 1. The molecule has 5 nitrogen and oxygen atoms in total. The number of sulfone groups is 1. The van der Waals surface area contributed by atoms with Gasteiger partial charge in [-0.2, -0.15) is 0 Å². The highest BCUT2D eigenvalue weighted by Crippen LogP contribution is 2.30. The molecule has 1 aromatic carbocycles. The van der Waals surface area contributed by atoms with Gasteiger partial charge in [-0.05, 0) is 12.1 Å². The van der Waals surface area contributed by atoms with E-state index in [2.05, 4.69) is 20.9 Å². The molecular weight excluding hydrogens is 346 g/mol. The third-order valence-corrected chi connectivity index (χ3v) is 5.41. The topological polar surface area (TPSA) is 84.3 Å². The van der Waals surface area contributed by atoms with Crippen LogP contribution in [0.25, 0.3) is 10.9 Å². The lowest BCUT2D eigenvalue weighted by Crippen LogP contribution is -2.23. The van der Waals surface area contributed by atoms with E-state index in [0.717, 1.165) is 4.47 Å². The van der Waals surface area contributed by atoms with Crippen molar-refractivity contribution >= 4 is 42.6 Å². The Morgan fingerprint density at radius 2 is 2.10 bits per heavy atom. The normalized spacial score (nSPS) is 16.9. The number of fused-ring (bicyclic) bond motifs is 2. The predicted octanol–water partition coefficient (Wildman–Crippen LogP) is 2.17. The van der Waals surface area contributed by atoms with Gasteiger partial charge >= 0.3 is 5.97 Å². The molecule has 2 aromatic rings. The van der Waals surface area contributed by atoms with Gasteiger partial charge in [0.1, 0.15) is 0 Å². The van der Waals surface area contributed by atoms with E-state index in [-0.39, 0.29) is 23.5 Å². The number of aromatic carboxylic acids is 1. The van der Waals surface area contributed by atoms with E-state index in [9.17, 15) is 18.3 Å². The zero-order valence-electron chi connectivity index (χ0n) is 10.3. The molecule has 1 aliphatic rings. The second-order valence-corrected chi connectivity index (χ2v) is 7.82. The summed E-state index contributed by atoms with van der Waals surface area (Å²) in [6.07, 6.45) is 0.264. The average molecular weight is 356 g/mol. The van der Waals surface area contributed by atoms with Crippen molar-refractivity contribution in [3.8, 4) is 0 Å². The Bertz CT molecular complexity index is 845. The zero-order chi connectivity index (χ0) is 14.5. The molecule has 0 saturated carbocycles. The summed E-state index contributed by atoms with van der Waals surface area (Å²) < 4.78 is 24.3. The molecule has 1 aromatic heterocycles. The molecule has 3 rings (SSSR count). The molecule has 0 aliphatic carbocycles. The van der Waals surface area contributed by atoms with Gasteiger partial charge < -0.3 is 5.11 Å². The van der Waals surface area contributed by atoms with E-state index in [0.29, 0.717) is 22.2 Å². The third-order valence-electron chi connectivity index (χ3n) is 3.36. The molecule has 0 fully saturated rings. The smallest absolute Gasteiger partial charge is 0.336 e. The summed E-state index contributed by atoms with van der Waals surface area (Å²) in [6, 6.07) is 5.11. The summed E-state index contributed by atoms with van der Waals surface area (Å²) >= 11 is 3.32. The number of halogens is 1. The highest BCUT2D eigenvalue weighted by Gasteiger charge is 2.28. The van der Waals surface area contributed by atoms with Crippen LogP contribution in [0.3, 0.4) is 0 Å². The Kier molecular flexibility index (Phi) is 3.06. The van der Waals surface area contributed by atoms with Gasteiger partial charge in [0.05, 0.1) is 22.6 Å². The Balaban J connectivity index is 2.41. The number of carboxylic acid groups (broad SMARTS) is 1. The predicted molar refractivity (Wildman–Crippen MR) is 77.6 cm³/mol. The van der Waals surface area contributed by atoms with Crippen molar-refractivity contribution in [2.75, 3.05) is 5.75 Å². The van der Waals surface area contributed by atoms with Crippen LogP contribution in [0.1, 0.15) is 21.6 Å². The van der Waals surface area contributed by atoms with Crippen LogP contribution >= 0.6 is 15.9 Å². The second kappa shape index (κ2) is 4.53. The highest BCUT2D eigenvalue weighted by atomic mass is 79.9. The van der Waals surface area contributed by atoms with Crippen molar-refractivity contribution in [2.45, 2.75) is 12.2 Å². The van der Waals surface area contributed by atoms with E-state index in [1.54, 1.807) is 18.2 Å². The van der Waals surface area contributed by atoms with E-state index in [1.807, 2.05) is 0 Å². The molecule has 7 heteroatoms. The quantitative estimate of drug-likeness (QED) is 0.847. The second-order valence-electron chi connectivity index (χ2n) is 4.72. The summed E-state index contributed by atoms with van der Waals surface area (Å²) in [5.41, 5.74) is 1.52. The molecule has 0 atom stereocenters. The molecule has 2 heterocycles. The van der Waals surface area contributed by atoms with Crippen molar-refractivity contribution in [3.05, 3.63) is 39.5 Å². The average Bonchev–Trinajstić information content (AvgIpc) is 2.35. The summed E-state index contributed by atoms with van der Waals surface area (Å²) in [6.45, 7) is 0. The number of aromatic nitrogens is 1. The van der Waals surface area contributed by atoms with Gasteiger partial charge in [-0.15, -0.1) is 0 Å². The third kappa shape index (κ3) is 2.20. The SMILES string of the molecule is O=C(O)c1c2c(nc3cc(Br)ccc13)CCS(=O)(=O)C2. The molecule has 0 bridgehead atoms. The fourth-order valence-electron chi connectivity index (χ4n) is 2.48. The number of carboxylic acids is 1. The van der Waals surface area contributed by atoms with Crippen LogP contribution in [0.15, 0.2) is 22.7 Å². The lowest BCUT2D eigenvalue weighted by atomic mass is 10.00. The minimum atomic E-state index is -3.24. The lowest BCUT2D eigenvalue weighted by molar-refractivity contribution is 0.0698. The van der Waals surface area contributed by atoms with Gasteiger partial charge in [-0.1, -0.05) is 22.0 Å². The van der Waals surface area contributed by atoms with Crippen LogP contribution in [0.4, 0.5) is 0 Å². The first-order valence-corrected chi connectivity index (χ1v) is 8.53. The number of rotatable bonds is 1. The summed E-state index contributed by atoms with van der Waals surface area (Å²) in [5.74, 6) is -1.35.